The third kappa shape index (κ3) is 3.06. The molecule has 136 valence electrons. The average molecular weight is 375 g/mol. The van der Waals surface area contributed by atoms with E-state index in [2.05, 4.69) is 12.1 Å². The number of hydrogen-bond donors (Lipinski definition) is 0. The maximum atomic E-state index is 13.4. The second-order valence-electron chi connectivity index (χ2n) is 6.86. The highest BCUT2D eigenvalue weighted by atomic mass is 32.2. The molecule has 0 unspecified atom stereocenters. The maximum absolute atomic E-state index is 13.4. The maximum Gasteiger partial charge on any atom is 0.264 e. The molecule has 0 aliphatic carbocycles. The number of rotatable bonds is 3. The fraction of sp³-hybridized carbons (Fsp3) is 0.130. The molecule has 0 aromatic heterocycles. The Balaban J connectivity index is 1.87. The van der Waals surface area contributed by atoms with Crippen molar-refractivity contribution < 1.29 is 8.42 Å². The summed E-state index contributed by atoms with van der Waals surface area (Å²) in [5, 5.41) is 0. The van der Waals surface area contributed by atoms with Crippen LogP contribution in [0.25, 0.3) is 5.57 Å². The SMILES string of the molecule is CC1=C(c2ccccc2)c2ccccc2N(S(=O)(=O)c2ccc(C)cc2)C1. The summed E-state index contributed by atoms with van der Waals surface area (Å²) >= 11 is 0. The standard InChI is InChI=1S/C23H21NO2S/c1-17-12-14-20(15-13-17)27(25,26)24-16-18(2)23(19-8-4-3-5-9-19)21-10-6-7-11-22(21)24/h3-15H,16H2,1-2H3. The van der Waals surface area contributed by atoms with Gasteiger partial charge in [-0.2, -0.15) is 0 Å². The zero-order valence-electron chi connectivity index (χ0n) is 15.4. The fourth-order valence-corrected chi connectivity index (χ4v) is 5.09. The van der Waals surface area contributed by atoms with Gasteiger partial charge in [-0.05, 0) is 48.8 Å². The first-order valence-electron chi connectivity index (χ1n) is 8.92. The van der Waals surface area contributed by atoms with Gasteiger partial charge in [-0.25, -0.2) is 8.42 Å². The Morgan fingerprint density at radius 1 is 0.778 bits per heavy atom. The second-order valence-corrected chi connectivity index (χ2v) is 8.73. The lowest BCUT2D eigenvalue weighted by Gasteiger charge is -2.33. The normalized spacial score (nSPS) is 14.2. The van der Waals surface area contributed by atoms with Gasteiger partial charge >= 0.3 is 0 Å². The highest BCUT2D eigenvalue weighted by Gasteiger charge is 2.31. The van der Waals surface area contributed by atoms with Crippen LogP contribution in [0.5, 0.6) is 0 Å². The molecule has 0 amide bonds. The van der Waals surface area contributed by atoms with Crippen molar-refractivity contribution in [2.24, 2.45) is 0 Å². The molecule has 0 atom stereocenters. The molecule has 1 aliphatic heterocycles. The van der Waals surface area contributed by atoms with Crippen molar-refractivity contribution in [2.45, 2.75) is 18.7 Å². The number of anilines is 1. The highest BCUT2D eigenvalue weighted by molar-refractivity contribution is 7.92. The summed E-state index contributed by atoms with van der Waals surface area (Å²) in [5.41, 5.74) is 5.97. The zero-order chi connectivity index (χ0) is 19.0. The van der Waals surface area contributed by atoms with Gasteiger partial charge in [0.2, 0.25) is 0 Å². The first-order valence-corrected chi connectivity index (χ1v) is 10.4. The minimum absolute atomic E-state index is 0.318. The summed E-state index contributed by atoms with van der Waals surface area (Å²) in [5.74, 6) is 0. The van der Waals surface area contributed by atoms with E-state index in [0.717, 1.165) is 33.5 Å². The molecule has 3 aromatic rings. The van der Waals surface area contributed by atoms with Crippen LogP contribution in [-0.2, 0) is 10.0 Å². The Bertz CT molecular complexity index is 1110. The number of nitrogens with zero attached hydrogens (tertiary/aromatic N) is 1. The third-order valence-electron chi connectivity index (χ3n) is 4.92. The molecule has 4 rings (SSSR count). The lowest BCUT2D eigenvalue weighted by Crippen LogP contribution is -2.35. The van der Waals surface area contributed by atoms with Gasteiger partial charge in [-0.1, -0.05) is 66.2 Å². The van der Waals surface area contributed by atoms with Gasteiger partial charge in [-0.3, -0.25) is 4.31 Å². The number of para-hydroxylation sites is 1. The van der Waals surface area contributed by atoms with E-state index in [1.165, 1.54) is 4.31 Å². The van der Waals surface area contributed by atoms with Crippen LogP contribution < -0.4 is 4.31 Å². The Morgan fingerprint density at radius 3 is 2.11 bits per heavy atom. The molecule has 3 nitrogen and oxygen atoms in total. The minimum Gasteiger partial charge on any atom is -0.262 e. The topological polar surface area (TPSA) is 37.4 Å². The molecule has 0 fully saturated rings. The van der Waals surface area contributed by atoms with Crippen LogP contribution in [0.1, 0.15) is 23.6 Å². The monoisotopic (exact) mass is 375 g/mol. The van der Waals surface area contributed by atoms with Gasteiger partial charge in [0.1, 0.15) is 0 Å². The van der Waals surface area contributed by atoms with Crippen molar-refractivity contribution in [3.05, 3.63) is 101 Å². The summed E-state index contributed by atoms with van der Waals surface area (Å²) in [4.78, 5) is 0.318. The number of benzene rings is 3. The molecule has 0 saturated heterocycles. The average Bonchev–Trinajstić information content (AvgIpc) is 2.68. The van der Waals surface area contributed by atoms with E-state index in [1.807, 2.05) is 68.4 Å². The minimum atomic E-state index is -3.63. The summed E-state index contributed by atoms with van der Waals surface area (Å²) in [7, 11) is -3.63. The number of hydrogen-bond acceptors (Lipinski definition) is 2. The molecule has 3 aromatic carbocycles. The molecule has 27 heavy (non-hydrogen) atoms. The van der Waals surface area contributed by atoms with E-state index in [4.69, 9.17) is 0 Å². The van der Waals surface area contributed by atoms with Crippen LogP contribution in [-0.4, -0.2) is 15.0 Å². The van der Waals surface area contributed by atoms with Crippen molar-refractivity contribution >= 4 is 21.3 Å². The van der Waals surface area contributed by atoms with Crippen LogP contribution >= 0.6 is 0 Å². The van der Waals surface area contributed by atoms with Gasteiger partial charge in [-0.15, -0.1) is 0 Å². The van der Waals surface area contributed by atoms with E-state index in [-0.39, 0.29) is 0 Å². The molecule has 0 saturated carbocycles. The molecule has 1 aliphatic rings. The molecule has 1 heterocycles. The smallest absolute Gasteiger partial charge is 0.262 e. The molecular weight excluding hydrogens is 354 g/mol. The van der Waals surface area contributed by atoms with E-state index < -0.39 is 10.0 Å². The third-order valence-corrected chi connectivity index (χ3v) is 6.70. The quantitative estimate of drug-likeness (QED) is 0.644. The van der Waals surface area contributed by atoms with Crippen LogP contribution in [0.4, 0.5) is 5.69 Å². The largest absolute Gasteiger partial charge is 0.264 e. The van der Waals surface area contributed by atoms with Crippen LogP contribution in [0.2, 0.25) is 0 Å². The van der Waals surface area contributed by atoms with Crippen molar-refractivity contribution in [3.63, 3.8) is 0 Å². The lowest BCUT2D eigenvalue weighted by atomic mass is 9.90. The van der Waals surface area contributed by atoms with Gasteiger partial charge in [0.05, 0.1) is 17.1 Å². The molecular formula is C23H21NO2S. The van der Waals surface area contributed by atoms with Gasteiger partial charge < -0.3 is 0 Å². The van der Waals surface area contributed by atoms with E-state index in [0.29, 0.717) is 11.4 Å². The van der Waals surface area contributed by atoms with Gasteiger partial charge in [0.15, 0.2) is 0 Å². The zero-order valence-corrected chi connectivity index (χ0v) is 16.2. The van der Waals surface area contributed by atoms with Crippen molar-refractivity contribution in [2.75, 3.05) is 10.8 Å². The van der Waals surface area contributed by atoms with Crippen molar-refractivity contribution in [1.82, 2.24) is 0 Å². The Labute approximate surface area is 160 Å². The lowest BCUT2D eigenvalue weighted by molar-refractivity contribution is 0.592. The van der Waals surface area contributed by atoms with E-state index >= 15 is 0 Å². The summed E-state index contributed by atoms with van der Waals surface area (Å²) < 4.78 is 28.2. The fourth-order valence-electron chi connectivity index (χ4n) is 3.57. The molecule has 0 N–H and O–H groups in total. The Morgan fingerprint density at radius 2 is 1.41 bits per heavy atom. The van der Waals surface area contributed by atoms with Crippen LogP contribution in [0.15, 0.2) is 89.3 Å². The number of fused-ring (bicyclic) bond motifs is 1. The Hall–Kier alpha value is -2.85. The van der Waals surface area contributed by atoms with E-state index in [9.17, 15) is 8.42 Å². The van der Waals surface area contributed by atoms with Crippen LogP contribution in [0, 0.1) is 6.92 Å². The van der Waals surface area contributed by atoms with Gasteiger partial charge in [0.25, 0.3) is 10.0 Å². The van der Waals surface area contributed by atoms with Gasteiger partial charge in [0, 0.05) is 5.56 Å². The molecule has 0 spiro atoms. The predicted octanol–water partition coefficient (Wildman–Crippen LogP) is 5.03. The first kappa shape index (κ1) is 17.6. The molecule has 0 radical (unpaired) electrons. The second kappa shape index (κ2) is 6.71. The summed E-state index contributed by atoms with van der Waals surface area (Å²) in [6, 6.07) is 24.9. The van der Waals surface area contributed by atoms with Crippen molar-refractivity contribution in [1.29, 1.82) is 0 Å². The van der Waals surface area contributed by atoms with Crippen LogP contribution in [0.3, 0.4) is 0 Å². The number of aryl methyl sites for hydroxylation is 1. The number of sulfonamides is 1. The summed E-state index contributed by atoms with van der Waals surface area (Å²) in [6.45, 7) is 4.30. The summed E-state index contributed by atoms with van der Waals surface area (Å²) in [6.07, 6.45) is 0. The Kier molecular flexibility index (Phi) is 4.36. The highest BCUT2D eigenvalue weighted by Crippen LogP contribution is 2.40. The first-order chi connectivity index (χ1) is 13.0. The van der Waals surface area contributed by atoms with E-state index in [1.54, 1.807) is 12.1 Å². The predicted molar refractivity (Wildman–Crippen MR) is 110 cm³/mol. The molecule has 4 heteroatoms. The van der Waals surface area contributed by atoms with Crippen molar-refractivity contribution in [3.8, 4) is 0 Å². The molecule has 0 bridgehead atoms.